The molecule has 2 aromatic heterocycles. The zero-order valence-electron chi connectivity index (χ0n) is 21.8. The number of amides is 1. The van der Waals surface area contributed by atoms with Crippen LogP contribution in [0.3, 0.4) is 0 Å². The highest BCUT2D eigenvalue weighted by molar-refractivity contribution is 7.90. The number of carbonyl (C=O) groups excluding carboxylic acids is 1. The number of aromatic amines is 1. The van der Waals surface area contributed by atoms with Crippen LogP contribution in [-0.4, -0.2) is 48.3 Å². The van der Waals surface area contributed by atoms with Gasteiger partial charge in [-0.25, -0.2) is 14.1 Å². The number of sulfonamides is 1. The summed E-state index contributed by atoms with van der Waals surface area (Å²) in [5.41, 5.74) is 0.289. The molecule has 0 radical (unpaired) electrons. The number of benzene rings is 1. The molecule has 1 aliphatic carbocycles. The van der Waals surface area contributed by atoms with Crippen molar-refractivity contribution in [1.82, 2.24) is 19.9 Å². The third kappa shape index (κ3) is 7.29. The summed E-state index contributed by atoms with van der Waals surface area (Å²) in [6.45, 7) is 4.21. The van der Waals surface area contributed by atoms with Gasteiger partial charge in [0.15, 0.2) is 5.03 Å². The van der Waals surface area contributed by atoms with Gasteiger partial charge in [-0.1, -0.05) is 20.3 Å². The highest BCUT2D eigenvalue weighted by atomic mass is 32.2. The number of nitrogens with zero attached hydrogens (tertiary/aromatic N) is 2. The van der Waals surface area contributed by atoms with Gasteiger partial charge in [0.25, 0.3) is 15.9 Å². The molecular formula is C26H33F4N5O4S. The van der Waals surface area contributed by atoms with Crippen LogP contribution in [0.25, 0.3) is 11.3 Å². The molecule has 40 heavy (non-hydrogen) atoms. The predicted octanol–water partition coefficient (Wildman–Crippen LogP) is 5.79. The summed E-state index contributed by atoms with van der Waals surface area (Å²) in [4.78, 5) is 17.5. The Morgan fingerprint density at radius 1 is 1.20 bits per heavy atom. The Bertz CT molecular complexity index is 1460. The number of hydrogen-bond acceptors (Lipinski definition) is 7. The first kappa shape index (κ1) is 29.3. The maximum Gasteiger partial charge on any atom is 0.391 e. The maximum absolute atomic E-state index is 14.4. The molecule has 0 bridgehead atoms. The number of anilines is 1. The van der Waals surface area contributed by atoms with Crippen molar-refractivity contribution in [2.24, 2.45) is 11.8 Å². The van der Waals surface area contributed by atoms with E-state index in [1.165, 1.54) is 30.5 Å². The standard InChI is InChI=1S/C26H29F4N5O4S.2H2/c1-15(2)14-39-20-11-16(10-18(27)13-20)22-7-6-21(25(36)35-40(37,38)23-8-9-31-34-23)24(33-22)32-19-5-3-4-17(12-19)26(28,29)30;;/h6-11,13,15,17,19H,3-5,12,14H2,1-2H3,(H,31,34)(H,32,33)(H,35,36);2*1H. The number of H-pyrrole nitrogens is 1. The third-order valence-corrected chi connectivity index (χ3v) is 7.62. The number of aromatic nitrogens is 3. The van der Waals surface area contributed by atoms with Crippen LogP contribution in [0.2, 0.25) is 0 Å². The van der Waals surface area contributed by atoms with Crippen LogP contribution in [0, 0.1) is 17.7 Å². The van der Waals surface area contributed by atoms with Gasteiger partial charge in [-0.3, -0.25) is 9.89 Å². The molecule has 1 amide bonds. The lowest BCUT2D eigenvalue weighted by atomic mass is 9.85. The number of nitrogens with one attached hydrogen (secondary N) is 3. The molecule has 3 aromatic rings. The Morgan fingerprint density at radius 2 is 1.98 bits per heavy atom. The lowest BCUT2D eigenvalue weighted by Gasteiger charge is -2.31. The number of rotatable bonds is 9. The summed E-state index contributed by atoms with van der Waals surface area (Å²) in [6, 6.07) is 7.12. The quantitative estimate of drug-likeness (QED) is 0.271. The van der Waals surface area contributed by atoms with Gasteiger partial charge in [-0.15, -0.1) is 0 Å². The van der Waals surface area contributed by atoms with Crippen molar-refractivity contribution in [3.63, 3.8) is 0 Å². The van der Waals surface area contributed by atoms with Crippen LogP contribution in [0.1, 0.15) is 52.7 Å². The minimum absolute atomic E-state index is 0. The molecular weight excluding hydrogens is 554 g/mol. The van der Waals surface area contributed by atoms with Crippen molar-refractivity contribution in [3.8, 4) is 17.0 Å². The van der Waals surface area contributed by atoms with Gasteiger partial charge >= 0.3 is 6.18 Å². The molecule has 3 N–H and O–H groups in total. The number of ether oxygens (including phenoxy) is 1. The van der Waals surface area contributed by atoms with Crippen molar-refractivity contribution < 1.29 is 38.4 Å². The van der Waals surface area contributed by atoms with Gasteiger partial charge < -0.3 is 10.1 Å². The smallest absolute Gasteiger partial charge is 0.391 e. The highest BCUT2D eigenvalue weighted by Crippen LogP contribution is 2.38. The van der Waals surface area contributed by atoms with Crippen molar-refractivity contribution in [3.05, 3.63) is 54.0 Å². The molecule has 1 fully saturated rings. The highest BCUT2D eigenvalue weighted by Gasteiger charge is 2.42. The van der Waals surface area contributed by atoms with E-state index in [1.54, 1.807) is 6.07 Å². The van der Waals surface area contributed by atoms with Crippen molar-refractivity contribution in [2.45, 2.75) is 56.8 Å². The number of carbonyl (C=O) groups is 1. The molecule has 0 spiro atoms. The summed E-state index contributed by atoms with van der Waals surface area (Å²) in [5, 5.41) is 8.38. The largest absolute Gasteiger partial charge is 0.493 e. The molecule has 1 aromatic carbocycles. The van der Waals surface area contributed by atoms with Gasteiger partial charge in [0.05, 0.1) is 30.0 Å². The Kier molecular flexibility index (Phi) is 8.66. The Labute approximate surface area is 231 Å². The number of hydrogen-bond donors (Lipinski definition) is 3. The van der Waals surface area contributed by atoms with E-state index in [-0.39, 0.29) is 49.5 Å². The molecule has 9 nitrogen and oxygen atoms in total. The van der Waals surface area contributed by atoms with E-state index in [0.29, 0.717) is 25.0 Å². The molecule has 2 unspecified atom stereocenters. The number of alkyl halides is 3. The molecule has 1 saturated carbocycles. The molecule has 1 aliphatic rings. The van der Waals surface area contributed by atoms with Crippen LogP contribution in [0.4, 0.5) is 23.4 Å². The van der Waals surface area contributed by atoms with E-state index < -0.39 is 39.9 Å². The summed E-state index contributed by atoms with van der Waals surface area (Å²) in [7, 11) is -4.32. The fourth-order valence-electron chi connectivity index (χ4n) is 4.41. The molecule has 0 aliphatic heterocycles. The van der Waals surface area contributed by atoms with E-state index in [1.807, 2.05) is 18.6 Å². The summed E-state index contributed by atoms with van der Waals surface area (Å²) in [6.07, 6.45) is -2.73. The SMILES string of the molecule is CC(C)COc1cc(F)cc(-c2ccc(C(=O)NS(=O)(=O)c3ccn[nH]3)c(NC3CCCC(C(F)(F)F)C3)n2)c1.[HH].[HH]. The topological polar surface area (TPSA) is 126 Å². The lowest BCUT2D eigenvalue weighted by Crippen LogP contribution is -2.36. The number of halogens is 4. The summed E-state index contributed by atoms with van der Waals surface area (Å²) >= 11 is 0. The number of pyridine rings is 1. The van der Waals surface area contributed by atoms with Gasteiger partial charge in [-0.2, -0.15) is 26.7 Å². The fourth-order valence-corrected chi connectivity index (χ4v) is 5.28. The van der Waals surface area contributed by atoms with Gasteiger partial charge in [0.1, 0.15) is 17.4 Å². The van der Waals surface area contributed by atoms with Crippen LogP contribution < -0.4 is 14.8 Å². The van der Waals surface area contributed by atoms with Gasteiger partial charge in [0.2, 0.25) is 0 Å². The zero-order chi connectivity index (χ0) is 29.1. The Balaban J connectivity index is 0.00000308. The van der Waals surface area contributed by atoms with E-state index in [2.05, 4.69) is 20.5 Å². The van der Waals surface area contributed by atoms with Crippen LogP contribution in [0.5, 0.6) is 5.75 Å². The third-order valence-electron chi connectivity index (χ3n) is 6.36. The van der Waals surface area contributed by atoms with E-state index in [9.17, 15) is 30.8 Å². The van der Waals surface area contributed by atoms with Gasteiger partial charge in [-0.05, 0) is 55.5 Å². The molecule has 220 valence electrons. The van der Waals surface area contributed by atoms with Crippen molar-refractivity contribution in [2.75, 3.05) is 11.9 Å². The maximum atomic E-state index is 14.4. The first-order valence-corrected chi connectivity index (χ1v) is 14.1. The van der Waals surface area contributed by atoms with Crippen LogP contribution >= 0.6 is 0 Å². The monoisotopic (exact) mass is 587 g/mol. The second-order valence-corrected chi connectivity index (χ2v) is 11.7. The average molecular weight is 588 g/mol. The molecule has 14 heteroatoms. The first-order chi connectivity index (χ1) is 18.8. The zero-order valence-corrected chi connectivity index (χ0v) is 22.6. The predicted molar refractivity (Wildman–Crippen MR) is 143 cm³/mol. The summed E-state index contributed by atoms with van der Waals surface area (Å²) in [5.74, 6) is -2.86. The molecule has 2 atom stereocenters. The Morgan fingerprint density at radius 3 is 2.65 bits per heavy atom. The van der Waals surface area contributed by atoms with Crippen molar-refractivity contribution in [1.29, 1.82) is 0 Å². The second-order valence-electron chi connectivity index (χ2n) is 10.1. The van der Waals surface area contributed by atoms with Crippen LogP contribution in [0.15, 0.2) is 47.6 Å². The van der Waals surface area contributed by atoms with Crippen molar-refractivity contribution >= 4 is 21.7 Å². The normalized spacial score (nSPS) is 18.0. The minimum atomic E-state index is -4.37. The van der Waals surface area contributed by atoms with E-state index in [0.717, 1.165) is 6.07 Å². The fraction of sp³-hybridized carbons (Fsp3) is 0.423. The molecule has 0 saturated heterocycles. The lowest BCUT2D eigenvalue weighted by molar-refractivity contribution is -0.182. The first-order valence-electron chi connectivity index (χ1n) is 12.7. The van der Waals surface area contributed by atoms with Gasteiger partial charge in [0, 0.05) is 20.5 Å². The summed E-state index contributed by atoms with van der Waals surface area (Å²) < 4.78 is 87.4. The van der Waals surface area contributed by atoms with Crippen LogP contribution in [-0.2, 0) is 10.0 Å². The average Bonchev–Trinajstić information content (AvgIpc) is 3.43. The van der Waals surface area contributed by atoms with E-state index in [4.69, 9.17) is 4.74 Å². The molecule has 4 rings (SSSR count). The molecule has 2 heterocycles. The van der Waals surface area contributed by atoms with E-state index >= 15 is 0 Å². The Hall–Kier alpha value is -3.68. The second kappa shape index (κ2) is 11.8. The minimum Gasteiger partial charge on any atom is -0.493 e.